The fraction of sp³-hybridized carbons (Fsp3) is 0.455. The third-order valence-electron chi connectivity index (χ3n) is 4.64. The summed E-state index contributed by atoms with van der Waals surface area (Å²) in [5.41, 5.74) is 0.491. The first-order valence-electron chi connectivity index (χ1n) is 9.70. The second-order valence-electron chi connectivity index (χ2n) is 7.18. The van der Waals surface area contributed by atoms with Crippen molar-refractivity contribution in [2.24, 2.45) is 5.92 Å². The Bertz CT molecular complexity index is 788. The molecule has 148 valence electrons. The second kappa shape index (κ2) is 10.4. The Labute approximate surface area is 165 Å². The fourth-order valence-electron chi connectivity index (χ4n) is 2.88. The van der Waals surface area contributed by atoms with E-state index in [1.165, 1.54) is 11.0 Å². The molecule has 1 aromatic carbocycles. The Morgan fingerprint density at radius 3 is 2.36 bits per heavy atom. The average molecular weight is 382 g/mol. The van der Waals surface area contributed by atoms with Crippen molar-refractivity contribution in [1.82, 2.24) is 4.90 Å². The zero-order chi connectivity index (χ0) is 20.5. The van der Waals surface area contributed by atoms with Crippen LogP contribution in [0.15, 0.2) is 36.1 Å². The van der Waals surface area contributed by atoms with Gasteiger partial charge in [0.1, 0.15) is 11.5 Å². The number of nitriles is 1. The Balaban J connectivity index is 1.70. The number of nitrogens with zero attached hydrogens (tertiary/aromatic N) is 2. The van der Waals surface area contributed by atoms with Gasteiger partial charge < -0.3 is 4.74 Å². The molecule has 6 heteroatoms. The topological polar surface area (TPSA) is 87.5 Å². The van der Waals surface area contributed by atoms with Crippen LogP contribution in [0.4, 0.5) is 0 Å². The number of rotatable bonds is 11. The molecule has 0 atom stereocenters. The van der Waals surface area contributed by atoms with Gasteiger partial charge in [-0.3, -0.25) is 19.3 Å². The molecule has 28 heavy (non-hydrogen) atoms. The lowest BCUT2D eigenvalue weighted by Gasteiger charge is -2.14. The minimum Gasteiger partial charge on any atom is -0.451 e. The first-order chi connectivity index (χ1) is 13.4. The molecular formula is C22H26N2O4. The highest BCUT2D eigenvalue weighted by atomic mass is 16.5. The van der Waals surface area contributed by atoms with E-state index in [0.29, 0.717) is 30.1 Å². The van der Waals surface area contributed by atoms with Gasteiger partial charge >= 0.3 is 0 Å². The van der Waals surface area contributed by atoms with E-state index in [1.54, 1.807) is 24.3 Å². The lowest BCUT2D eigenvalue weighted by atomic mass is 10.0. The predicted octanol–water partition coefficient (Wildman–Crippen LogP) is 3.76. The van der Waals surface area contributed by atoms with E-state index in [2.05, 4.69) is 0 Å². The quantitative estimate of drug-likeness (QED) is 0.430. The molecule has 0 fully saturated rings. The molecule has 0 N–H and O–H groups in total. The highest BCUT2D eigenvalue weighted by molar-refractivity contribution is 6.15. The molecule has 1 aliphatic heterocycles. The number of Topliss-reactive ketones (excluding diaryl/α,β-unsaturated/α-hetero) is 1. The van der Waals surface area contributed by atoms with Crippen molar-refractivity contribution in [1.29, 1.82) is 5.26 Å². The summed E-state index contributed by atoms with van der Waals surface area (Å²) in [6.45, 7) is 4.19. The van der Waals surface area contributed by atoms with Crippen molar-refractivity contribution < 1.29 is 19.1 Å². The maximum absolute atomic E-state index is 12.4. The molecule has 0 saturated carbocycles. The van der Waals surface area contributed by atoms with Crippen LogP contribution in [-0.2, 0) is 14.4 Å². The standard InChI is InChI=1S/C22H26N2O4/c1-16(2)19(25)8-6-4-3-5-7-13-24-21(26)14-20(22(24)27)28-18-11-9-17(15-23)10-12-18/h9-12,14,16H,3-8,13H2,1-2H3. The number of unbranched alkanes of at least 4 members (excludes halogenated alkanes) is 4. The largest absolute Gasteiger partial charge is 0.451 e. The molecule has 1 heterocycles. The first kappa shape index (κ1) is 21.4. The molecule has 0 spiro atoms. The molecule has 0 bridgehead atoms. The van der Waals surface area contributed by atoms with Crippen LogP contribution < -0.4 is 4.74 Å². The van der Waals surface area contributed by atoms with Crippen molar-refractivity contribution in [2.45, 2.75) is 52.4 Å². The van der Waals surface area contributed by atoms with E-state index in [1.807, 2.05) is 19.9 Å². The zero-order valence-corrected chi connectivity index (χ0v) is 16.4. The minimum absolute atomic E-state index is 0.00176. The molecule has 6 nitrogen and oxygen atoms in total. The molecule has 1 aromatic rings. The van der Waals surface area contributed by atoms with Crippen LogP contribution in [-0.4, -0.2) is 29.0 Å². The molecule has 1 aliphatic rings. The van der Waals surface area contributed by atoms with Crippen LogP contribution in [0.2, 0.25) is 0 Å². The summed E-state index contributed by atoms with van der Waals surface area (Å²) in [4.78, 5) is 37.2. The Morgan fingerprint density at radius 2 is 1.71 bits per heavy atom. The highest BCUT2D eigenvalue weighted by Gasteiger charge is 2.32. The summed E-state index contributed by atoms with van der Waals surface area (Å²) in [5, 5.41) is 8.80. The van der Waals surface area contributed by atoms with Gasteiger partial charge in [-0.2, -0.15) is 5.26 Å². The van der Waals surface area contributed by atoms with E-state index >= 15 is 0 Å². The number of hydrogen-bond acceptors (Lipinski definition) is 5. The monoisotopic (exact) mass is 382 g/mol. The lowest BCUT2D eigenvalue weighted by Crippen LogP contribution is -2.32. The molecule has 0 saturated heterocycles. The average Bonchev–Trinajstić information content (AvgIpc) is 2.94. The Kier molecular flexibility index (Phi) is 7.94. The van der Waals surface area contributed by atoms with Crippen molar-refractivity contribution in [3.63, 3.8) is 0 Å². The van der Waals surface area contributed by atoms with Gasteiger partial charge in [-0.1, -0.05) is 33.1 Å². The van der Waals surface area contributed by atoms with Crippen LogP contribution >= 0.6 is 0 Å². The smallest absolute Gasteiger partial charge is 0.296 e. The van der Waals surface area contributed by atoms with E-state index in [0.717, 1.165) is 32.1 Å². The summed E-state index contributed by atoms with van der Waals surface area (Å²) < 4.78 is 5.50. The fourth-order valence-corrected chi connectivity index (χ4v) is 2.88. The van der Waals surface area contributed by atoms with E-state index in [9.17, 15) is 14.4 Å². The number of hydrogen-bond donors (Lipinski definition) is 0. The number of carbonyl (C=O) groups is 3. The number of benzene rings is 1. The van der Waals surface area contributed by atoms with Gasteiger partial charge in [0.05, 0.1) is 17.7 Å². The van der Waals surface area contributed by atoms with E-state index < -0.39 is 5.91 Å². The summed E-state index contributed by atoms with van der Waals surface area (Å²) in [7, 11) is 0. The zero-order valence-electron chi connectivity index (χ0n) is 16.4. The number of imide groups is 1. The lowest BCUT2D eigenvalue weighted by molar-refractivity contribution is -0.138. The van der Waals surface area contributed by atoms with Gasteiger partial charge in [-0.05, 0) is 37.1 Å². The molecule has 0 aliphatic carbocycles. The Hall–Kier alpha value is -2.94. The molecule has 0 unspecified atom stereocenters. The van der Waals surface area contributed by atoms with Crippen LogP contribution in [0.25, 0.3) is 0 Å². The van der Waals surface area contributed by atoms with Crippen LogP contribution in [0.3, 0.4) is 0 Å². The van der Waals surface area contributed by atoms with Crippen molar-refractivity contribution in [3.05, 3.63) is 41.7 Å². The molecular weight excluding hydrogens is 356 g/mol. The van der Waals surface area contributed by atoms with Crippen molar-refractivity contribution >= 4 is 17.6 Å². The Morgan fingerprint density at radius 1 is 1.07 bits per heavy atom. The maximum atomic E-state index is 12.4. The summed E-state index contributed by atoms with van der Waals surface area (Å²) in [5.74, 6) is 0.00804. The minimum atomic E-state index is -0.433. The third-order valence-corrected chi connectivity index (χ3v) is 4.64. The normalized spacial score (nSPS) is 13.6. The van der Waals surface area contributed by atoms with Gasteiger partial charge in [0, 0.05) is 18.9 Å². The van der Waals surface area contributed by atoms with Gasteiger partial charge in [-0.25, -0.2) is 0 Å². The highest BCUT2D eigenvalue weighted by Crippen LogP contribution is 2.20. The number of carbonyl (C=O) groups excluding carboxylic acids is 3. The van der Waals surface area contributed by atoms with Crippen LogP contribution in [0.5, 0.6) is 5.75 Å². The SMILES string of the molecule is CC(C)C(=O)CCCCCCCN1C(=O)C=C(Oc2ccc(C#N)cc2)C1=O. The molecule has 0 aromatic heterocycles. The first-order valence-corrected chi connectivity index (χ1v) is 9.70. The van der Waals surface area contributed by atoms with Crippen molar-refractivity contribution in [3.8, 4) is 11.8 Å². The van der Waals surface area contributed by atoms with Gasteiger partial charge in [0.25, 0.3) is 11.8 Å². The number of ketones is 1. The van der Waals surface area contributed by atoms with E-state index in [-0.39, 0.29) is 17.6 Å². The third kappa shape index (κ3) is 6.05. The summed E-state index contributed by atoms with van der Waals surface area (Å²) in [6, 6.07) is 8.35. The van der Waals surface area contributed by atoms with Crippen LogP contribution in [0, 0.1) is 17.2 Å². The molecule has 2 rings (SSSR count). The van der Waals surface area contributed by atoms with E-state index in [4.69, 9.17) is 10.00 Å². The summed E-state index contributed by atoms with van der Waals surface area (Å²) >= 11 is 0. The van der Waals surface area contributed by atoms with Crippen LogP contribution in [0.1, 0.15) is 57.9 Å². The maximum Gasteiger partial charge on any atom is 0.296 e. The molecule has 0 radical (unpaired) electrons. The molecule has 2 amide bonds. The van der Waals surface area contributed by atoms with Crippen molar-refractivity contribution in [2.75, 3.05) is 6.54 Å². The predicted molar refractivity (Wildman–Crippen MR) is 104 cm³/mol. The number of ether oxygens (including phenoxy) is 1. The van der Waals surface area contributed by atoms with Gasteiger partial charge in [-0.15, -0.1) is 0 Å². The second-order valence-corrected chi connectivity index (χ2v) is 7.18. The number of amides is 2. The van der Waals surface area contributed by atoms with Gasteiger partial charge in [0.2, 0.25) is 0 Å². The summed E-state index contributed by atoms with van der Waals surface area (Å²) in [6.07, 6.45) is 6.31. The van der Waals surface area contributed by atoms with Gasteiger partial charge in [0.15, 0.2) is 5.76 Å².